The van der Waals surface area contributed by atoms with E-state index in [1.165, 1.54) is 6.33 Å². The fourth-order valence-electron chi connectivity index (χ4n) is 1.06. The van der Waals surface area contributed by atoms with Crippen molar-refractivity contribution in [3.63, 3.8) is 0 Å². The molecule has 2 aromatic heterocycles. The molecule has 0 radical (unpaired) electrons. The van der Waals surface area contributed by atoms with Crippen molar-refractivity contribution in [3.05, 3.63) is 10.9 Å². The number of hydrogen-bond acceptors (Lipinski definition) is 4. The largest absolute Gasteiger partial charge is 0.369 e. The lowest BCUT2D eigenvalue weighted by Gasteiger charge is -2.01. The number of aromatic amines is 1. The second-order valence-corrected chi connectivity index (χ2v) is 3.93. The number of H-pyrrole nitrogens is 1. The molecule has 0 spiro atoms. The first kappa shape index (κ1) is 10.0. The Hall–Kier alpha value is -1.50. The van der Waals surface area contributed by atoms with Gasteiger partial charge in [0, 0.05) is 14.1 Å². The minimum absolute atomic E-state index is 0.552. The fraction of sp³-hybridized carbons (Fsp3) is 0.250. The molecule has 0 aliphatic heterocycles. The van der Waals surface area contributed by atoms with Crippen molar-refractivity contribution in [1.29, 1.82) is 0 Å². The highest BCUT2D eigenvalue weighted by Crippen LogP contribution is 2.24. The van der Waals surface area contributed by atoms with E-state index in [4.69, 9.17) is 0 Å². The molecule has 15 heavy (non-hydrogen) atoms. The number of rotatable bonds is 2. The summed E-state index contributed by atoms with van der Waals surface area (Å²) in [6.07, 6.45) is 3.13. The van der Waals surface area contributed by atoms with Gasteiger partial charge in [0.05, 0.1) is 6.34 Å². The molecule has 6 nitrogen and oxygen atoms in total. The van der Waals surface area contributed by atoms with E-state index in [2.05, 4.69) is 41.1 Å². The lowest BCUT2D eigenvalue weighted by atomic mass is 10.4. The summed E-state index contributed by atoms with van der Waals surface area (Å²) >= 11 is 3.31. The van der Waals surface area contributed by atoms with Crippen molar-refractivity contribution < 1.29 is 0 Å². The third-order valence-corrected chi connectivity index (χ3v) is 2.24. The monoisotopic (exact) mass is 268 g/mol. The van der Waals surface area contributed by atoms with Gasteiger partial charge in [-0.25, -0.2) is 15.0 Å². The Morgan fingerprint density at radius 1 is 1.40 bits per heavy atom. The Kier molecular flexibility index (Phi) is 2.63. The highest BCUT2D eigenvalue weighted by atomic mass is 79.9. The number of fused-ring (bicyclic) bond motifs is 1. The maximum absolute atomic E-state index is 4.19. The van der Waals surface area contributed by atoms with Crippen LogP contribution in [0, 0.1) is 0 Å². The third kappa shape index (κ3) is 1.96. The van der Waals surface area contributed by atoms with Crippen molar-refractivity contribution in [2.24, 2.45) is 4.99 Å². The van der Waals surface area contributed by atoms with Crippen LogP contribution in [0.2, 0.25) is 0 Å². The topological polar surface area (TPSA) is 70.1 Å². The highest BCUT2D eigenvalue weighted by molar-refractivity contribution is 9.10. The zero-order chi connectivity index (χ0) is 10.8. The molecular formula is C8H9BrN6. The van der Waals surface area contributed by atoms with Gasteiger partial charge in [0.1, 0.15) is 16.4 Å². The van der Waals surface area contributed by atoms with Crippen LogP contribution in [-0.4, -0.2) is 45.5 Å². The van der Waals surface area contributed by atoms with Gasteiger partial charge in [-0.3, -0.25) is 5.10 Å². The van der Waals surface area contributed by atoms with Crippen LogP contribution in [0.3, 0.4) is 0 Å². The van der Waals surface area contributed by atoms with Crippen molar-refractivity contribution in [3.8, 4) is 0 Å². The average molecular weight is 269 g/mol. The Morgan fingerprint density at radius 2 is 2.20 bits per heavy atom. The van der Waals surface area contributed by atoms with E-state index in [1.54, 1.807) is 6.34 Å². The number of nitrogens with one attached hydrogen (secondary N) is 1. The third-order valence-electron chi connectivity index (χ3n) is 1.69. The van der Waals surface area contributed by atoms with Gasteiger partial charge in [0.25, 0.3) is 0 Å². The van der Waals surface area contributed by atoms with Gasteiger partial charge in [0.15, 0.2) is 11.3 Å². The summed E-state index contributed by atoms with van der Waals surface area (Å²) in [4.78, 5) is 14.2. The molecule has 7 heteroatoms. The lowest BCUT2D eigenvalue weighted by Crippen LogP contribution is -2.07. The van der Waals surface area contributed by atoms with Gasteiger partial charge < -0.3 is 4.90 Å². The quantitative estimate of drug-likeness (QED) is 0.659. The molecular weight excluding hydrogens is 260 g/mol. The number of aliphatic imine (C=N–C) groups is 1. The van der Waals surface area contributed by atoms with Crippen molar-refractivity contribution in [1.82, 2.24) is 25.1 Å². The molecule has 0 saturated carbocycles. The minimum atomic E-state index is 0.552. The first-order chi connectivity index (χ1) is 7.18. The zero-order valence-electron chi connectivity index (χ0n) is 8.27. The van der Waals surface area contributed by atoms with Crippen molar-refractivity contribution >= 4 is 39.1 Å². The van der Waals surface area contributed by atoms with Crippen LogP contribution in [0.5, 0.6) is 0 Å². The predicted octanol–water partition coefficient (Wildman–Crippen LogP) is 1.34. The maximum atomic E-state index is 4.19. The van der Waals surface area contributed by atoms with Gasteiger partial charge in [-0.2, -0.15) is 5.10 Å². The molecule has 2 rings (SSSR count). The van der Waals surface area contributed by atoms with Gasteiger partial charge in [0.2, 0.25) is 0 Å². The first-order valence-corrected chi connectivity index (χ1v) is 5.03. The molecule has 0 atom stereocenters. The predicted molar refractivity (Wildman–Crippen MR) is 61.2 cm³/mol. The molecule has 0 fully saturated rings. The van der Waals surface area contributed by atoms with E-state index in [9.17, 15) is 0 Å². The van der Waals surface area contributed by atoms with Crippen LogP contribution in [-0.2, 0) is 0 Å². The standard InChI is InChI=1S/C8H9BrN6/c1-15(2)4-12-8-6-5(10-3-11-8)7(9)14-13-6/h3-4H,1-2H3,(H,13,14). The summed E-state index contributed by atoms with van der Waals surface area (Å²) in [6, 6.07) is 0. The summed E-state index contributed by atoms with van der Waals surface area (Å²) in [7, 11) is 3.78. The number of halogens is 1. The van der Waals surface area contributed by atoms with E-state index in [-0.39, 0.29) is 0 Å². The highest BCUT2D eigenvalue weighted by Gasteiger charge is 2.08. The second kappa shape index (κ2) is 3.93. The summed E-state index contributed by atoms with van der Waals surface area (Å²) in [6.45, 7) is 0. The molecule has 2 aromatic rings. The van der Waals surface area contributed by atoms with E-state index < -0.39 is 0 Å². The van der Waals surface area contributed by atoms with Gasteiger partial charge in [-0.1, -0.05) is 0 Å². The Balaban J connectivity index is 2.52. The Bertz CT molecular complexity index is 503. The molecule has 0 amide bonds. The zero-order valence-corrected chi connectivity index (χ0v) is 9.85. The minimum Gasteiger partial charge on any atom is -0.369 e. The van der Waals surface area contributed by atoms with Gasteiger partial charge in [-0.15, -0.1) is 0 Å². The Labute approximate surface area is 94.6 Å². The molecule has 0 bridgehead atoms. The lowest BCUT2D eigenvalue weighted by molar-refractivity contribution is 0.643. The van der Waals surface area contributed by atoms with Crippen molar-refractivity contribution in [2.75, 3.05) is 14.1 Å². The van der Waals surface area contributed by atoms with E-state index in [1.807, 2.05) is 19.0 Å². The van der Waals surface area contributed by atoms with Crippen molar-refractivity contribution in [2.45, 2.75) is 0 Å². The molecule has 1 N–H and O–H groups in total. The van der Waals surface area contributed by atoms with Gasteiger partial charge in [-0.05, 0) is 15.9 Å². The fourth-order valence-corrected chi connectivity index (χ4v) is 1.43. The summed E-state index contributed by atoms with van der Waals surface area (Å²) < 4.78 is 0.737. The molecule has 0 aliphatic rings. The normalized spacial score (nSPS) is 11.4. The Morgan fingerprint density at radius 3 is 2.93 bits per heavy atom. The SMILES string of the molecule is CN(C)C=Nc1ncnc2c(Br)[nH]nc12. The summed E-state index contributed by atoms with van der Waals surface area (Å²) in [5, 5.41) is 6.85. The molecule has 0 aliphatic carbocycles. The molecule has 0 aromatic carbocycles. The molecule has 0 saturated heterocycles. The maximum Gasteiger partial charge on any atom is 0.185 e. The van der Waals surface area contributed by atoms with Crippen LogP contribution >= 0.6 is 15.9 Å². The first-order valence-electron chi connectivity index (χ1n) is 4.23. The van der Waals surface area contributed by atoms with Crippen LogP contribution in [0.25, 0.3) is 11.0 Å². The van der Waals surface area contributed by atoms with Crippen LogP contribution in [0.4, 0.5) is 5.82 Å². The second-order valence-electron chi connectivity index (χ2n) is 3.14. The summed E-state index contributed by atoms with van der Waals surface area (Å²) in [5.41, 5.74) is 1.39. The number of hydrogen-bond donors (Lipinski definition) is 1. The smallest absolute Gasteiger partial charge is 0.185 e. The molecule has 0 unspecified atom stereocenters. The number of nitrogens with zero attached hydrogens (tertiary/aromatic N) is 5. The van der Waals surface area contributed by atoms with Crippen LogP contribution in [0.15, 0.2) is 15.9 Å². The van der Waals surface area contributed by atoms with Crippen LogP contribution in [0.1, 0.15) is 0 Å². The molecule has 78 valence electrons. The summed E-state index contributed by atoms with van der Waals surface area (Å²) in [5.74, 6) is 0.552. The van der Waals surface area contributed by atoms with E-state index in [0.717, 1.165) is 10.1 Å². The average Bonchev–Trinajstić information content (AvgIpc) is 2.58. The molecule has 2 heterocycles. The number of aromatic nitrogens is 4. The van der Waals surface area contributed by atoms with E-state index in [0.29, 0.717) is 11.3 Å². The van der Waals surface area contributed by atoms with Gasteiger partial charge >= 0.3 is 0 Å². The van der Waals surface area contributed by atoms with Crippen LogP contribution < -0.4 is 0 Å². The van der Waals surface area contributed by atoms with E-state index >= 15 is 0 Å².